The molecule has 0 saturated heterocycles. The van der Waals surface area contributed by atoms with Gasteiger partial charge in [-0.2, -0.15) is 0 Å². The minimum absolute atomic E-state index is 0.0149. The van der Waals surface area contributed by atoms with E-state index in [1.165, 1.54) is 5.56 Å². The quantitative estimate of drug-likeness (QED) is 0.944. The first-order chi connectivity index (χ1) is 10.1. The SMILES string of the molecule is CNCC(c1ccccc1)C1CS(=O)(=O)c2ccccc21. The molecule has 0 radical (unpaired) electrons. The van der Waals surface area contributed by atoms with Crippen LogP contribution < -0.4 is 5.32 Å². The lowest BCUT2D eigenvalue weighted by molar-refractivity contribution is 0.543. The molecule has 1 aliphatic heterocycles. The van der Waals surface area contributed by atoms with Crippen molar-refractivity contribution in [2.75, 3.05) is 19.3 Å². The third-order valence-electron chi connectivity index (χ3n) is 4.19. The number of fused-ring (bicyclic) bond motifs is 1. The fraction of sp³-hybridized carbons (Fsp3) is 0.294. The van der Waals surface area contributed by atoms with Crippen molar-refractivity contribution in [3.63, 3.8) is 0 Å². The maximum atomic E-state index is 12.4. The van der Waals surface area contributed by atoms with E-state index in [2.05, 4.69) is 17.4 Å². The summed E-state index contributed by atoms with van der Waals surface area (Å²) in [4.78, 5) is 0.507. The van der Waals surface area contributed by atoms with Gasteiger partial charge in [0.05, 0.1) is 10.6 Å². The first-order valence-corrected chi connectivity index (χ1v) is 8.80. The van der Waals surface area contributed by atoms with Gasteiger partial charge < -0.3 is 5.32 Å². The van der Waals surface area contributed by atoms with Crippen molar-refractivity contribution in [2.45, 2.75) is 16.7 Å². The predicted octanol–water partition coefficient (Wildman–Crippen LogP) is 2.56. The van der Waals surface area contributed by atoms with Gasteiger partial charge in [-0.3, -0.25) is 0 Å². The zero-order valence-electron chi connectivity index (χ0n) is 12.0. The molecule has 0 spiro atoms. The van der Waals surface area contributed by atoms with E-state index in [1.54, 1.807) is 12.1 Å². The third-order valence-corrected chi connectivity index (χ3v) is 6.03. The van der Waals surface area contributed by atoms with E-state index in [0.29, 0.717) is 4.90 Å². The lowest BCUT2D eigenvalue weighted by atomic mass is 9.82. The van der Waals surface area contributed by atoms with Crippen molar-refractivity contribution < 1.29 is 8.42 Å². The Labute approximate surface area is 125 Å². The highest BCUT2D eigenvalue weighted by Gasteiger charge is 2.38. The second-order valence-corrected chi connectivity index (χ2v) is 7.50. The molecule has 2 aromatic rings. The van der Waals surface area contributed by atoms with Gasteiger partial charge >= 0.3 is 0 Å². The van der Waals surface area contributed by atoms with Crippen LogP contribution in [0, 0.1) is 0 Å². The van der Waals surface area contributed by atoms with Crippen LogP contribution in [0.1, 0.15) is 23.0 Å². The molecular weight excluding hydrogens is 282 g/mol. The minimum atomic E-state index is -3.15. The summed E-state index contributed by atoms with van der Waals surface area (Å²) >= 11 is 0. The van der Waals surface area contributed by atoms with E-state index >= 15 is 0 Å². The summed E-state index contributed by atoms with van der Waals surface area (Å²) in [5.74, 6) is 0.379. The zero-order chi connectivity index (χ0) is 14.9. The molecule has 0 aromatic heterocycles. The molecule has 0 fully saturated rings. The predicted molar refractivity (Wildman–Crippen MR) is 84.3 cm³/mol. The topological polar surface area (TPSA) is 46.2 Å². The number of rotatable bonds is 4. The van der Waals surface area contributed by atoms with Crippen molar-refractivity contribution in [1.29, 1.82) is 0 Å². The molecule has 4 heteroatoms. The number of likely N-dealkylation sites (N-methyl/N-ethyl adjacent to an activating group) is 1. The Morgan fingerprint density at radius 3 is 2.48 bits per heavy atom. The summed E-state index contributed by atoms with van der Waals surface area (Å²) in [7, 11) is -1.25. The van der Waals surface area contributed by atoms with Crippen molar-refractivity contribution in [3.8, 4) is 0 Å². The van der Waals surface area contributed by atoms with Crippen molar-refractivity contribution in [3.05, 3.63) is 65.7 Å². The van der Waals surface area contributed by atoms with Gasteiger partial charge in [0.1, 0.15) is 0 Å². The number of nitrogens with one attached hydrogen (secondary N) is 1. The van der Waals surface area contributed by atoms with Crippen molar-refractivity contribution in [2.24, 2.45) is 0 Å². The van der Waals surface area contributed by atoms with E-state index in [0.717, 1.165) is 12.1 Å². The number of hydrogen-bond donors (Lipinski definition) is 1. The maximum Gasteiger partial charge on any atom is 0.179 e. The van der Waals surface area contributed by atoms with E-state index in [4.69, 9.17) is 0 Å². The van der Waals surface area contributed by atoms with E-state index in [1.807, 2.05) is 37.4 Å². The second kappa shape index (κ2) is 5.62. The van der Waals surface area contributed by atoms with Crippen LogP contribution in [0.2, 0.25) is 0 Å². The first kappa shape index (κ1) is 14.3. The summed E-state index contributed by atoms with van der Waals surface area (Å²) in [6, 6.07) is 17.6. The van der Waals surface area contributed by atoms with Gasteiger partial charge in [-0.1, -0.05) is 48.5 Å². The lowest BCUT2D eigenvalue weighted by Gasteiger charge is -2.24. The monoisotopic (exact) mass is 301 g/mol. The van der Waals surface area contributed by atoms with E-state index in [-0.39, 0.29) is 17.6 Å². The number of benzene rings is 2. The molecular formula is C17H19NO2S. The van der Waals surface area contributed by atoms with Crippen LogP contribution in [-0.4, -0.2) is 27.8 Å². The largest absolute Gasteiger partial charge is 0.319 e. The Hall–Kier alpha value is -1.65. The van der Waals surface area contributed by atoms with Gasteiger partial charge in [-0.25, -0.2) is 8.42 Å². The lowest BCUT2D eigenvalue weighted by Crippen LogP contribution is -2.24. The van der Waals surface area contributed by atoms with Gasteiger partial charge in [0, 0.05) is 18.4 Å². The molecule has 3 rings (SSSR count). The number of sulfone groups is 1. The van der Waals surface area contributed by atoms with E-state index < -0.39 is 9.84 Å². The molecule has 2 unspecified atom stereocenters. The fourth-order valence-corrected chi connectivity index (χ4v) is 5.16. The van der Waals surface area contributed by atoms with Crippen LogP contribution in [0.3, 0.4) is 0 Å². The molecule has 0 aliphatic carbocycles. The van der Waals surface area contributed by atoms with Gasteiger partial charge in [-0.15, -0.1) is 0 Å². The Bertz CT molecular complexity index is 725. The molecule has 0 amide bonds. The van der Waals surface area contributed by atoms with Crippen LogP contribution in [0.5, 0.6) is 0 Å². The average Bonchev–Trinajstić information content (AvgIpc) is 2.78. The Kier molecular flexibility index (Phi) is 3.83. The summed E-state index contributed by atoms with van der Waals surface area (Å²) < 4.78 is 24.8. The highest BCUT2D eigenvalue weighted by molar-refractivity contribution is 7.91. The Balaban J connectivity index is 2.06. The van der Waals surface area contributed by atoms with Crippen LogP contribution in [-0.2, 0) is 9.84 Å². The summed E-state index contributed by atoms with van der Waals surface area (Å²) in [6.07, 6.45) is 0. The molecule has 1 N–H and O–H groups in total. The average molecular weight is 301 g/mol. The maximum absolute atomic E-state index is 12.4. The highest BCUT2D eigenvalue weighted by Crippen LogP contribution is 2.42. The van der Waals surface area contributed by atoms with E-state index in [9.17, 15) is 8.42 Å². The molecule has 3 nitrogen and oxygen atoms in total. The standard InChI is InChI=1S/C17H19NO2S/c1-18-11-15(13-7-3-2-4-8-13)16-12-21(19,20)17-10-6-5-9-14(16)17/h2-10,15-16,18H,11-12H2,1H3. The summed E-state index contributed by atoms with van der Waals surface area (Å²) in [5, 5.41) is 3.21. The molecule has 2 aromatic carbocycles. The molecule has 1 heterocycles. The third kappa shape index (κ3) is 2.61. The minimum Gasteiger partial charge on any atom is -0.319 e. The molecule has 1 aliphatic rings. The van der Waals surface area contributed by atoms with Gasteiger partial charge in [0.2, 0.25) is 0 Å². The molecule has 21 heavy (non-hydrogen) atoms. The molecule has 110 valence electrons. The summed E-state index contributed by atoms with van der Waals surface area (Å²) in [6.45, 7) is 0.762. The second-order valence-electron chi connectivity index (χ2n) is 5.50. The van der Waals surface area contributed by atoms with Gasteiger partial charge in [0.25, 0.3) is 0 Å². The van der Waals surface area contributed by atoms with Gasteiger partial charge in [-0.05, 0) is 24.2 Å². The van der Waals surface area contributed by atoms with Crippen molar-refractivity contribution in [1.82, 2.24) is 5.32 Å². The van der Waals surface area contributed by atoms with Crippen LogP contribution in [0.25, 0.3) is 0 Å². The van der Waals surface area contributed by atoms with Crippen LogP contribution in [0.4, 0.5) is 0 Å². The van der Waals surface area contributed by atoms with Gasteiger partial charge in [0.15, 0.2) is 9.84 Å². The van der Waals surface area contributed by atoms with Crippen LogP contribution in [0.15, 0.2) is 59.5 Å². The Morgan fingerprint density at radius 2 is 1.76 bits per heavy atom. The fourth-order valence-electron chi connectivity index (χ4n) is 3.23. The smallest absolute Gasteiger partial charge is 0.179 e. The normalized spacial score (nSPS) is 20.9. The van der Waals surface area contributed by atoms with Crippen LogP contribution >= 0.6 is 0 Å². The molecule has 2 atom stereocenters. The number of hydrogen-bond acceptors (Lipinski definition) is 3. The molecule has 0 saturated carbocycles. The first-order valence-electron chi connectivity index (χ1n) is 7.14. The zero-order valence-corrected chi connectivity index (χ0v) is 12.8. The summed E-state index contributed by atoms with van der Waals surface area (Å²) in [5.41, 5.74) is 2.14. The Morgan fingerprint density at radius 1 is 1.10 bits per heavy atom. The highest BCUT2D eigenvalue weighted by atomic mass is 32.2. The van der Waals surface area contributed by atoms with Crippen molar-refractivity contribution >= 4 is 9.84 Å². The molecule has 0 bridgehead atoms.